The van der Waals surface area contributed by atoms with E-state index < -0.39 is 0 Å². The Kier molecular flexibility index (Phi) is 7.20. The van der Waals surface area contributed by atoms with Crippen LogP contribution in [0, 0.1) is 5.92 Å². The van der Waals surface area contributed by atoms with Crippen LogP contribution < -0.4 is 5.32 Å². The third-order valence-electron chi connectivity index (χ3n) is 4.14. The van der Waals surface area contributed by atoms with E-state index in [4.69, 9.17) is 9.73 Å². The van der Waals surface area contributed by atoms with Crippen LogP contribution in [-0.2, 0) is 11.2 Å². The van der Waals surface area contributed by atoms with Crippen LogP contribution in [0.5, 0.6) is 5.75 Å². The second kappa shape index (κ2) is 9.40. The first kappa shape index (κ1) is 17.6. The molecule has 1 heterocycles. The van der Waals surface area contributed by atoms with Crippen molar-refractivity contribution < 1.29 is 9.84 Å². The van der Waals surface area contributed by atoms with E-state index >= 15 is 0 Å². The van der Waals surface area contributed by atoms with Crippen LogP contribution in [0.1, 0.15) is 25.3 Å². The fourth-order valence-corrected chi connectivity index (χ4v) is 2.95. The first-order valence-corrected chi connectivity index (χ1v) is 8.53. The van der Waals surface area contributed by atoms with Gasteiger partial charge in [0, 0.05) is 39.2 Å². The van der Waals surface area contributed by atoms with E-state index in [0.717, 1.165) is 51.6 Å². The molecule has 5 nitrogen and oxygen atoms in total. The number of ether oxygens (including phenoxy) is 1. The lowest BCUT2D eigenvalue weighted by atomic mass is 10.1. The van der Waals surface area contributed by atoms with Crippen LogP contribution >= 0.6 is 0 Å². The van der Waals surface area contributed by atoms with Gasteiger partial charge in [0.05, 0.1) is 6.61 Å². The molecule has 0 bridgehead atoms. The van der Waals surface area contributed by atoms with E-state index in [0.29, 0.717) is 11.7 Å². The van der Waals surface area contributed by atoms with E-state index in [1.807, 2.05) is 12.1 Å². The Morgan fingerprint density at radius 3 is 2.87 bits per heavy atom. The minimum absolute atomic E-state index is 0.320. The lowest BCUT2D eigenvalue weighted by molar-refractivity contribution is 0.157. The number of benzene rings is 1. The molecule has 1 fully saturated rings. The number of hydrogen-bond donors (Lipinski definition) is 2. The van der Waals surface area contributed by atoms with E-state index in [-0.39, 0.29) is 0 Å². The summed E-state index contributed by atoms with van der Waals surface area (Å²) in [5.74, 6) is 1.96. The zero-order valence-electron chi connectivity index (χ0n) is 14.3. The molecule has 1 unspecified atom stereocenters. The zero-order chi connectivity index (χ0) is 16.5. The van der Waals surface area contributed by atoms with Crippen LogP contribution in [0.4, 0.5) is 0 Å². The summed E-state index contributed by atoms with van der Waals surface area (Å²) in [6, 6.07) is 7.42. The van der Waals surface area contributed by atoms with Gasteiger partial charge in [-0.1, -0.05) is 12.1 Å². The van der Waals surface area contributed by atoms with Crippen molar-refractivity contribution in [2.45, 2.75) is 26.2 Å². The van der Waals surface area contributed by atoms with E-state index in [1.165, 1.54) is 12.0 Å². The van der Waals surface area contributed by atoms with Gasteiger partial charge in [-0.25, -0.2) is 0 Å². The van der Waals surface area contributed by atoms with Gasteiger partial charge in [-0.2, -0.15) is 0 Å². The first-order chi connectivity index (χ1) is 11.2. The van der Waals surface area contributed by atoms with Crippen LogP contribution in [0.2, 0.25) is 0 Å². The summed E-state index contributed by atoms with van der Waals surface area (Å²) in [5.41, 5.74) is 1.24. The monoisotopic (exact) mass is 319 g/mol. The second-order valence-electron chi connectivity index (χ2n) is 6.06. The van der Waals surface area contributed by atoms with Gasteiger partial charge < -0.3 is 20.1 Å². The van der Waals surface area contributed by atoms with Crippen molar-refractivity contribution in [3.63, 3.8) is 0 Å². The number of hydrogen-bond acceptors (Lipinski definition) is 3. The minimum atomic E-state index is 0.320. The van der Waals surface area contributed by atoms with Gasteiger partial charge >= 0.3 is 0 Å². The zero-order valence-corrected chi connectivity index (χ0v) is 14.3. The summed E-state index contributed by atoms with van der Waals surface area (Å²) in [4.78, 5) is 7.10. The molecule has 23 heavy (non-hydrogen) atoms. The molecule has 0 spiro atoms. The molecule has 2 rings (SSSR count). The molecule has 0 aliphatic carbocycles. The Labute approximate surface area is 139 Å². The average Bonchev–Trinajstić information content (AvgIpc) is 3.01. The Bertz CT molecular complexity index is 488. The highest BCUT2D eigenvalue weighted by molar-refractivity contribution is 5.80. The van der Waals surface area contributed by atoms with Crippen molar-refractivity contribution in [3.8, 4) is 5.75 Å². The topological polar surface area (TPSA) is 57.1 Å². The van der Waals surface area contributed by atoms with Crippen molar-refractivity contribution in [1.82, 2.24) is 10.2 Å². The highest BCUT2D eigenvalue weighted by Crippen LogP contribution is 2.16. The quantitative estimate of drug-likeness (QED) is 0.460. The van der Waals surface area contributed by atoms with Gasteiger partial charge in [-0.3, -0.25) is 4.99 Å². The molecule has 0 radical (unpaired) electrons. The maximum atomic E-state index is 9.30. The molecule has 1 aromatic rings. The predicted molar refractivity (Wildman–Crippen MR) is 94.0 cm³/mol. The number of rotatable bonds is 7. The number of methoxy groups -OCH3 is 1. The fraction of sp³-hybridized carbons (Fsp3) is 0.611. The molecule has 1 aliphatic heterocycles. The molecule has 1 aromatic carbocycles. The third-order valence-corrected chi connectivity index (χ3v) is 4.14. The molecule has 1 saturated heterocycles. The lowest BCUT2D eigenvalue weighted by Crippen LogP contribution is -2.40. The van der Waals surface area contributed by atoms with Gasteiger partial charge in [-0.05, 0) is 43.9 Å². The second-order valence-corrected chi connectivity index (χ2v) is 6.06. The normalized spacial score (nSPS) is 18.4. The standard InChI is InChI=1S/C18H29N3O2/c1-3-19-18(21-12-10-16(13-21)14-23-2)20-11-4-5-15-6-8-17(22)9-7-15/h6-9,16,22H,3-5,10-14H2,1-2H3,(H,19,20). The maximum absolute atomic E-state index is 9.30. The minimum Gasteiger partial charge on any atom is -0.508 e. The summed E-state index contributed by atoms with van der Waals surface area (Å²) in [6.07, 6.45) is 3.16. The van der Waals surface area contributed by atoms with Crippen molar-refractivity contribution in [3.05, 3.63) is 29.8 Å². The molecule has 2 N–H and O–H groups in total. The number of nitrogens with zero attached hydrogens (tertiary/aromatic N) is 2. The van der Waals surface area contributed by atoms with Gasteiger partial charge in [-0.15, -0.1) is 0 Å². The van der Waals surface area contributed by atoms with Crippen LogP contribution in [0.25, 0.3) is 0 Å². The number of aromatic hydroxyl groups is 1. The highest BCUT2D eigenvalue weighted by atomic mass is 16.5. The van der Waals surface area contributed by atoms with Crippen molar-refractivity contribution in [2.24, 2.45) is 10.9 Å². The van der Waals surface area contributed by atoms with Crippen molar-refractivity contribution in [1.29, 1.82) is 0 Å². The van der Waals surface area contributed by atoms with Crippen LogP contribution in [0.15, 0.2) is 29.3 Å². The summed E-state index contributed by atoms with van der Waals surface area (Å²) in [6.45, 7) is 6.72. The summed E-state index contributed by atoms with van der Waals surface area (Å²) in [5, 5.41) is 12.7. The number of aliphatic imine (C=N–C) groups is 1. The molecule has 1 aliphatic rings. The van der Waals surface area contributed by atoms with Crippen molar-refractivity contribution in [2.75, 3.05) is 39.9 Å². The van der Waals surface area contributed by atoms with E-state index in [2.05, 4.69) is 17.1 Å². The fourth-order valence-electron chi connectivity index (χ4n) is 2.95. The van der Waals surface area contributed by atoms with E-state index in [9.17, 15) is 5.11 Å². The first-order valence-electron chi connectivity index (χ1n) is 8.53. The van der Waals surface area contributed by atoms with Gasteiger partial charge in [0.15, 0.2) is 5.96 Å². The number of phenols is 1. The average molecular weight is 319 g/mol. The number of guanidine groups is 1. The Hall–Kier alpha value is -1.75. The molecule has 5 heteroatoms. The number of nitrogens with one attached hydrogen (secondary N) is 1. The van der Waals surface area contributed by atoms with Crippen LogP contribution in [0.3, 0.4) is 0 Å². The highest BCUT2D eigenvalue weighted by Gasteiger charge is 2.24. The number of aryl methyl sites for hydroxylation is 1. The summed E-state index contributed by atoms with van der Waals surface area (Å²) < 4.78 is 5.26. The summed E-state index contributed by atoms with van der Waals surface area (Å²) in [7, 11) is 1.77. The summed E-state index contributed by atoms with van der Waals surface area (Å²) >= 11 is 0. The molecule has 1 atom stereocenters. The third kappa shape index (κ3) is 5.75. The van der Waals surface area contributed by atoms with Crippen molar-refractivity contribution >= 4 is 5.96 Å². The Morgan fingerprint density at radius 1 is 1.39 bits per heavy atom. The SMILES string of the molecule is CCNC(=NCCCc1ccc(O)cc1)N1CCC(COC)C1. The van der Waals surface area contributed by atoms with Crippen LogP contribution in [-0.4, -0.2) is 55.9 Å². The van der Waals surface area contributed by atoms with Gasteiger partial charge in [0.25, 0.3) is 0 Å². The molecule has 0 amide bonds. The smallest absolute Gasteiger partial charge is 0.193 e. The Balaban J connectivity index is 1.80. The number of likely N-dealkylation sites (tertiary alicyclic amines) is 1. The van der Waals surface area contributed by atoms with E-state index in [1.54, 1.807) is 19.2 Å². The number of phenolic OH excluding ortho intramolecular Hbond substituents is 1. The lowest BCUT2D eigenvalue weighted by Gasteiger charge is -2.21. The largest absolute Gasteiger partial charge is 0.508 e. The Morgan fingerprint density at radius 2 is 2.17 bits per heavy atom. The molecular weight excluding hydrogens is 290 g/mol. The maximum Gasteiger partial charge on any atom is 0.193 e. The molecule has 128 valence electrons. The molecule has 0 aromatic heterocycles. The molecule has 0 saturated carbocycles. The van der Waals surface area contributed by atoms with Gasteiger partial charge in [0.1, 0.15) is 5.75 Å². The molecular formula is C18H29N3O2. The predicted octanol–water partition coefficient (Wildman–Crippen LogP) is 2.26. The van der Waals surface area contributed by atoms with Gasteiger partial charge in [0.2, 0.25) is 0 Å².